The number of carbonyl (C=O) groups is 2. The molecule has 0 aliphatic rings. The summed E-state index contributed by atoms with van der Waals surface area (Å²) in [7, 11) is 0. The van der Waals surface area contributed by atoms with Crippen LogP contribution in [0.1, 0.15) is 30.8 Å². The van der Waals surface area contributed by atoms with Gasteiger partial charge in [0.2, 0.25) is 0 Å². The molecule has 1 aromatic carbocycles. The second-order valence-electron chi connectivity index (χ2n) is 6.32. The number of rotatable bonds is 7. The zero-order valence-corrected chi connectivity index (χ0v) is 14.5. The number of aromatic nitrogens is 2. The van der Waals surface area contributed by atoms with Gasteiger partial charge >= 0.3 is 5.97 Å². The second-order valence-corrected chi connectivity index (χ2v) is 6.32. The molecule has 0 spiro atoms. The van der Waals surface area contributed by atoms with E-state index in [1.807, 2.05) is 13.8 Å². The Morgan fingerprint density at radius 1 is 1.19 bits per heavy atom. The van der Waals surface area contributed by atoms with Crippen molar-refractivity contribution in [2.75, 3.05) is 6.54 Å². The lowest BCUT2D eigenvalue weighted by molar-refractivity contribution is -0.142. The fourth-order valence-electron chi connectivity index (χ4n) is 2.45. The number of hydrogen-bond acceptors (Lipinski definition) is 4. The minimum atomic E-state index is -0.983. The summed E-state index contributed by atoms with van der Waals surface area (Å²) >= 11 is 0. The summed E-state index contributed by atoms with van der Waals surface area (Å²) < 4.78 is 14.0. The molecule has 1 aromatic heterocycles. The fraction of sp³-hybridized carbons (Fsp3) is 0.333. The molecular weight excluding hydrogens is 341 g/mol. The SMILES string of the molecule is CC(C)CC(CNC(=O)c1ccc(=O)n(-c2ccc(F)cc2)n1)C(=O)O. The van der Waals surface area contributed by atoms with Crippen molar-refractivity contribution in [2.24, 2.45) is 11.8 Å². The van der Waals surface area contributed by atoms with E-state index in [1.54, 1.807) is 0 Å². The number of nitrogens with one attached hydrogen (secondary N) is 1. The summed E-state index contributed by atoms with van der Waals surface area (Å²) in [5.41, 5.74) is -0.201. The molecule has 26 heavy (non-hydrogen) atoms. The van der Waals surface area contributed by atoms with Crippen LogP contribution in [-0.2, 0) is 4.79 Å². The summed E-state index contributed by atoms with van der Waals surface area (Å²) in [6, 6.07) is 7.53. The molecule has 2 N–H and O–H groups in total. The molecular formula is C18H20FN3O4. The number of aliphatic carboxylic acids is 1. The lowest BCUT2D eigenvalue weighted by Gasteiger charge is -2.15. The molecule has 8 heteroatoms. The van der Waals surface area contributed by atoms with Crippen LogP contribution in [0.3, 0.4) is 0 Å². The molecule has 0 saturated carbocycles. The van der Waals surface area contributed by atoms with Crippen LogP contribution < -0.4 is 10.9 Å². The standard InChI is InChI=1S/C18H20FN3O4/c1-11(2)9-12(18(25)26)10-20-17(24)15-7-8-16(23)22(21-15)14-5-3-13(19)4-6-14/h3-8,11-12H,9-10H2,1-2H3,(H,20,24)(H,25,26). The van der Waals surface area contributed by atoms with Crippen LogP contribution in [0.15, 0.2) is 41.2 Å². The van der Waals surface area contributed by atoms with Gasteiger partial charge in [0.15, 0.2) is 0 Å². The molecule has 0 fully saturated rings. The van der Waals surface area contributed by atoms with Gasteiger partial charge in [0.1, 0.15) is 11.5 Å². The molecule has 138 valence electrons. The topological polar surface area (TPSA) is 101 Å². The van der Waals surface area contributed by atoms with Gasteiger partial charge in [-0.1, -0.05) is 13.8 Å². The monoisotopic (exact) mass is 361 g/mol. The molecule has 0 aliphatic carbocycles. The van der Waals surface area contributed by atoms with Crippen molar-refractivity contribution in [3.63, 3.8) is 0 Å². The number of amides is 1. The Hall–Kier alpha value is -3.03. The smallest absolute Gasteiger partial charge is 0.308 e. The Labute approximate surface area is 149 Å². The van der Waals surface area contributed by atoms with Gasteiger partial charge in [-0.25, -0.2) is 4.39 Å². The molecule has 0 radical (unpaired) electrons. The number of carboxylic acids is 1. The molecule has 0 aliphatic heterocycles. The molecule has 1 amide bonds. The fourth-order valence-corrected chi connectivity index (χ4v) is 2.45. The van der Waals surface area contributed by atoms with E-state index in [9.17, 15) is 23.9 Å². The lowest BCUT2D eigenvalue weighted by Crippen LogP contribution is -2.35. The van der Waals surface area contributed by atoms with Gasteiger partial charge in [0.25, 0.3) is 11.5 Å². The third-order valence-electron chi connectivity index (χ3n) is 3.72. The first-order valence-corrected chi connectivity index (χ1v) is 8.15. The predicted molar refractivity (Wildman–Crippen MR) is 92.7 cm³/mol. The van der Waals surface area contributed by atoms with Crippen molar-refractivity contribution in [2.45, 2.75) is 20.3 Å². The van der Waals surface area contributed by atoms with Crippen LogP contribution >= 0.6 is 0 Å². The van der Waals surface area contributed by atoms with Crippen LogP contribution in [0.2, 0.25) is 0 Å². The first-order valence-electron chi connectivity index (χ1n) is 8.15. The highest BCUT2D eigenvalue weighted by atomic mass is 19.1. The van der Waals surface area contributed by atoms with Gasteiger partial charge in [0.05, 0.1) is 11.6 Å². The average Bonchev–Trinajstić information content (AvgIpc) is 2.59. The number of halogens is 1. The van der Waals surface area contributed by atoms with E-state index in [4.69, 9.17) is 0 Å². The van der Waals surface area contributed by atoms with Crippen LogP contribution in [0.5, 0.6) is 0 Å². The van der Waals surface area contributed by atoms with Crippen LogP contribution in [0.25, 0.3) is 5.69 Å². The highest BCUT2D eigenvalue weighted by Crippen LogP contribution is 2.11. The van der Waals surface area contributed by atoms with E-state index >= 15 is 0 Å². The van der Waals surface area contributed by atoms with E-state index < -0.39 is 29.2 Å². The Morgan fingerprint density at radius 2 is 1.85 bits per heavy atom. The molecule has 1 unspecified atom stereocenters. The Bertz CT molecular complexity index is 846. The molecule has 1 heterocycles. The molecule has 2 aromatic rings. The van der Waals surface area contributed by atoms with Gasteiger partial charge in [-0.2, -0.15) is 9.78 Å². The first kappa shape index (κ1) is 19.3. The van der Waals surface area contributed by atoms with Crippen LogP contribution in [0.4, 0.5) is 4.39 Å². The van der Waals surface area contributed by atoms with Gasteiger partial charge in [-0.3, -0.25) is 14.4 Å². The number of nitrogens with zero attached hydrogens (tertiary/aromatic N) is 2. The van der Waals surface area contributed by atoms with Crippen molar-refractivity contribution in [3.05, 3.63) is 58.3 Å². The molecule has 1 atom stereocenters. The predicted octanol–water partition coefficient (Wildman–Crippen LogP) is 1.85. The maximum absolute atomic E-state index is 13.0. The number of carbonyl (C=O) groups excluding carboxylic acids is 1. The zero-order valence-electron chi connectivity index (χ0n) is 14.5. The Balaban J connectivity index is 2.17. The highest BCUT2D eigenvalue weighted by Gasteiger charge is 2.20. The Morgan fingerprint density at radius 3 is 2.42 bits per heavy atom. The van der Waals surface area contributed by atoms with Crippen LogP contribution in [0, 0.1) is 17.7 Å². The third-order valence-corrected chi connectivity index (χ3v) is 3.72. The summed E-state index contributed by atoms with van der Waals surface area (Å²) in [4.78, 5) is 35.5. The minimum Gasteiger partial charge on any atom is -0.481 e. The van der Waals surface area contributed by atoms with E-state index in [-0.39, 0.29) is 18.2 Å². The van der Waals surface area contributed by atoms with E-state index in [2.05, 4.69) is 10.4 Å². The third kappa shape index (κ3) is 4.98. The van der Waals surface area contributed by atoms with E-state index in [0.717, 1.165) is 4.68 Å². The van der Waals surface area contributed by atoms with Crippen molar-refractivity contribution in [1.29, 1.82) is 0 Å². The quantitative estimate of drug-likeness (QED) is 0.784. The van der Waals surface area contributed by atoms with Gasteiger partial charge < -0.3 is 10.4 Å². The van der Waals surface area contributed by atoms with Crippen molar-refractivity contribution in [1.82, 2.24) is 15.1 Å². The summed E-state index contributed by atoms with van der Waals surface area (Å²) in [6.45, 7) is 3.76. The summed E-state index contributed by atoms with van der Waals surface area (Å²) in [5, 5.41) is 15.7. The molecule has 0 bridgehead atoms. The maximum Gasteiger partial charge on any atom is 0.308 e. The number of hydrogen-bond donors (Lipinski definition) is 2. The van der Waals surface area contributed by atoms with Crippen LogP contribution in [-0.4, -0.2) is 33.3 Å². The van der Waals surface area contributed by atoms with Crippen molar-refractivity contribution < 1.29 is 19.1 Å². The first-order chi connectivity index (χ1) is 12.3. The summed E-state index contributed by atoms with van der Waals surface area (Å²) in [6.07, 6.45) is 0.429. The normalized spacial score (nSPS) is 12.0. The van der Waals surface area contributed by atoms with Gasteiger partial charge in [0, 0.05) is 12.6 Å². The molecule has 2 rings (SSSR count). The number of carboxylic acid groups (broad SMARTS) is 1. The average molecular weight is 361 g/mol. The van der Waals surface area contributed by atoms with E-state index in [0.29, 0.717) is 12.1 Å². The maximum atomic E-state index is 13.0. The summed E-state index contributed by atoms with van der Waals surface area (Å²) in [5.74, 6) is -2.56. The number of benzene rings is 1. The highest BCUT2D eigenvalue weighted by molar-refractivity contribution is 5.92. The Kier molecular flexibility index (Phi) is 6.21. The lowest BCUT2D eigenvalue weighted by atomic mass is 9.97. The van der Waals surface area contributed by atoms with Gasteiger partial charge in [-0.05, 0) is 42.7 Å². The molecule has 7 nitrogen and oxygen atoms in total. The largest absolute Gasteiger partial charge is 0.481 e. The minimum absolute atomic E-state index is 0.0380. The zero-order chi connectivity index (χ0) is 19.3. The van der Waals surface area contributed by atoms with Crippen molar-refractivity contribution >= 4 is 11.9 Å². The second kappa shape index (κ2) is 8.37. The molecule has 0 saturated heterocycles. The van der Waals surface area contributed by atoms with Gasteiger partial charge in [-0.15, -0.1) is 0 Å². The van der Waals surface area contributed by atoms with Crippen molar-refractivity contribution in [3.8, 4) is 5.69 Å². The van der Waals surface area contributed by atoms with E-state index in [1.165, 1.54) is 36.4 Å².